The smallest absolute Gasteiger partial charge is 0.225 e. The van der Waals surface area contributed by atoms with Gasteiger partial charge < -0.3 is 15.4 Å². The van der Waals surface area contributed by atoms with Crippen LogP contribution in [0.15, 0.2) is 0 Å². The van der Waals surface area contributed by atoms with Crippen LogP contribution in [0.25, 0.3) is 0 Å². The normalized spacial score (nSPS) is 32.5. The maximum atomic E-state index is 12.6. The van der Waals surface area contributed by atoms with E-state index in [4.69, 9.17) is 10.5 Å². The Kier molecular flexibility index (Phi) is 5.17. The first kappa shape index (κ1) is 15.3. The molecular formula is C17H30N2O2. The van der Waals surface area contributed by atoms with Crippen LogP contribution in [0, 0.1) is 5.92 Å². The summed E-state index contributed by atoms with van der Waals surface area (Å²) in [6.07, 6.45) is 12.1. The molecule has 3 rings (SSSR count). The second-order valence-corrected chi connectivity index (χ2v) is 7.19. The Morgan fingerprint density at radius 2 is 1.57 bits per heavy atom. The quantitative estimate of drug-likeness (QED) is 0.870. The fourth-order valence-electron chi connectivity index (χ4n) is 4.22. The summed E-state index contributed by atoms with van der Waals surface area (Å²) in [5.41, 5.74) is 6.02. The third-order valence-electron chi connectivity index (χ3n) is 5.50. The minimum Gasteiger partial charge on any atom is -0.375 e. The van der Waals surface area contributed by atoms with Crippen LogP contribution in [0.2, 0.25) is 0 Å². The molecule has 0 aromatic rings. The molecule has 120 valence electrons. The number of rotatable bonds is 3. The first-order valence-electron chi connectivity index (χ1n) is 8.92. The molecule has 1 heterocycles. The number of nitrogens with zero attached hydrogens (tertiary/aromatic N) is 1. The van der Waals surface area contributed by atoms with Gasteiger partial charge in [-0.25, -0.2) is 0 Å². The molecule has 2 saturated carbocycles. The maximum absolute atomic E-state index is 12.6. The molecule has 1 amide bonds. The molecule has 0 spiro atoms. The zero-order valence-corrected chi connectivity index (χ0v) is 13.1. The predicted octanol–water partition coefficient (Wildman–Crippen LogP) is 2.45. The number of likely N-dealkylation sites (tertiary alicyclic amines) is 1. The summed E-state index contributed by atoms with van der Waals surface area (Å²) in [4.78, 5) is 14.6. The number of carbonyl (C=O) groups is 1. The van der Waals surface area contributed by atoms with E-state index < -0.39 is 0 Å². The molecule has 3 fully saturated rings. The highest BCUT2D eigenvalue weighted by molar-refractivity contribution is 5.79. The van der Waals surface area contributed by atoms with E-state index in [1.54, 1.807) is 0 Å². The summed E-state index contributed by atoms with van der Waals surface area (Å²) in [7, 11) is 0. The average Bonchev–Trinajstić information content (AvgIpc) is 3.00. The number of ether oxygens (including phenoxy) is 1. The summed E-state index contributed by atoms with van der Waals surface area (Å²) >= 11 is 0. The van der Waals surface area contributed by atoms with Gasteiger partial charge in [-0.3, -0.25) is 4.79 Å². The van der Waals surface area contributed by atoms with Gasteiger partial charge in [-0.15, -0.1) is 0 Å². The molecule has 0 bridgehead atoms. The van der Waals surface area contributed by atoms with Crippen molar-refractivity contribution >= 4 is 5.91 Å². The SMILES string of the molecule is NC1CCCC(C(=O)N2CCC(OC3CCCC3)CC2)C1. The fraction of sp³-hybridized carbons (Fsp3) is 0.941. The lowest BCUT2D eigenvalue weighted by Gasteiger charge is -2.36. The zero-order chi connectivity index (χ0) is 14.7. The highest BCUT2D eigenvalue weighted by atomic mass is 16.5. The van der Waals surface area contributed by atoms with Crippen LogP contribution in [0.4, 0.5) is 0 Å². The largest absolute Gasteiger partial charge is 0.375 e. The molecule has 0 aromatic heterocycles. The molecule has 2 N–H and O–H groups in total. The number of carbonyl (C=O) groups excluding carboxylic acids is 1. The lowest BCUT2D eigenvalue weighted by Crippen LogP contribution is -2.46. The first-order valence-corrected chi connectivity index (χ1v) is 8.92. The van der Waals surface area contributed by atoms with E-state index in [2.05, 4.69) is 4.90 Å². The van der Waals surface area contributed by atoms with Gasteiger partial charge in [0.15, 0.2) is 0 Å². The van der Waals surface area contributed by atoms with Crippen molar-refractivity contribution in [1.29, 1.82) is 0 Å². The Balaban J connectivity index is 1.43. The molecule has 1 aliphatic heterocycles. The molecular weight excluding hydrogens is 264 g/mol. The van der Waals surface area contributed by atoms with Crippen LogP contribution in [0.1, 0.15) is 64.2 Å². The molecule has 4 nitrogen and oxygen atoms in total. The third-order valence-corrected chi connectivity index (χ3v) is 5.50. The molecule has 4 heteroatoms. The Bertz CT molecular complexity index is 347. The highest BCUT2D eigenvalue weighted by Crippen LogP contribution is 2.28. The summed E-state index contributed by atoms with van der Waals surface area (Å²) in [6.45, 7) is 1.75. The molecule has 21 heavy (non-hydrogen) atoms. The van der Waals surface area contributed by atoms with E-state index in [1.165, 1.54) is 25.7 Å². The van der Waals surface area contributed by atoms with Crippen molar-refractivity contribution < 1.29 is 9.53 Å². The van der Waals surface area contributed by atoms with E-state index in [0.29, 0.717) is 18.1 Å². The molecule has 2 aliphatic carbocycles. The van der Waals surface area contributed by atoms with Gasteiger partial charge in [0.05, 0.1) is 12.2 Å². The average molecular weight is 294 g/mol. The monoisotopic (exact) mass is 294 g/mol. The third kappa shape index (κ3) is 3.98. The Labute approximate surface area is 128 Å². The van der Waals surface area contributed by atoms with Crippen molar-refractivity contribution in [3.63, 3.8) is 0 Å². The fourth-order valence-corrected chi connectivity index (χ4v) is 4.22. The van der Waals surface area contributed by atoms with Gasteiger partial charge in [-0.1, -0.05) is 19.3 Å². The number of hydrogen-bond acceptors (Lipinski definition) is 3. The molecule has 1 saturated heterocycles. The highest BCUT2D eigenvalue weighted by Gasteiger charge is 2.32. The maximum Gasteiger partial charge on any atom is 0.225 e. The van der Waals surface area contributed by atoms with Gasteiger partial charge in [-0.05, 0) is 44.9 Å². The predicted molar refractivity (Wildman–Crippen MR) is 82.9 cm³/mol. The summed E-state index contributed by atoms with van der Waals surface area (Å²) < 4.78 is 6.18. The number of amides is 1. The summed E-state index contributed by atoms with van der Waals surface area (Å²) in [6, 6.07) is 0.232. The minimum atomic E-state index is 0.182. The van der Waals surface area contributed by atoms with E-state index >= 15 is 0 Å². The number of nitrogens with two attached hydrogens (primary N) is 1. The van der Waals surface area contributed by atoms with Crippen molar-refractivity contribution in [2.75, 3.05) is 13.1 Å². The van der Waals surface area contributed by atoms with E-state index in [9.17, 15) is 4.79 Å². The zero-order valence-electron chi connectivity index (χ0n) is 13.1. The van der Waals surface area contributed by atoms with Crippen molar-refractivity contribution in [2.24, 2.45) is 11.7 Å². The second-order valence-electron chi connectivity index (χ2n) is 7.19. The summed E-state index contributed by atoms with van der Waals surface area (Å²) in [5.74, 6) is 0.533. The lowest BCUT2D eigenvalue weighted by molar-refractivity contribution is -0.140. The van der Waals surface area contributed by atoms with Gasteiger partial charge in [-0.2, -0.15) is 0 Å². The molecule has 3 aliphatic rings. The topological polar surface area (TPSA) is 55.6 Å². The lowest BCUT2D eigenvalue weighted by atomic mass is 9.85. The van der Waals surface area contributed by atoms with E-state index in [-0.39, 0.29) is 12.0 Å². The van der Waals surface area contributed by atoms with E-state index in [0.717, 1.165) is 51.6 Å². The Hall–Kier alpha value is -0.610. The molecule has 2 atom stereocenters. The van der Waals surface area contributed by atoms with Crippen LogP contribution in [0.3, 0.4) is 0 Å². The van der Waals surface area contributed by atoms with Gasteiger partial charge in [0.2, 0.25) is 5.91 Å². The van der Waals surface area contributed by atoms with Gasteiger partial charge >= 0.3 is 0 Å². The number of piperidine rings is 1. The number of hydrogen-bond donors (Lipinski definition) is 1. The Morgan fingerprint density at radius 3 is 2.24 bits per heavy atom. The first-order chi connectivity index (χ1) is 10.2. The standard InChI is InChI=1S/C17H30N2O2/c18-14-5-3-4-13(12-14)17(20)19-10-8-16(9-11-19)21-15-6-1-2-7-15/h13-16H,1-12,18H2. The van der Waals surface area contributed by atoms with Crippen molar-refractivity contribution in [1.82, 2.24) is 4.90 Å². The van der Waals surface area contributed by atoms with Crippen molar-refractivity contribution in [3.05, 3.63) is 0 Å². The van der Waals surface area contributed by atoms with Crippen molar-refractivity contribution in [3.8, 4) is 0 Å². The van der Waals surface area contributed by atoms with Crippen molar-refractivity contribution in [2.45, 2.75) is 82.5 Å². The van der Waals surface area contributed by atoms with Crippen LogP contribution in [-0.4, -0.2) is 42.1 Å². The van der Waals surface area contributed by atoms with E-state index in [1.807, 2.05) is 0 Å². The van der Waals surface area contributed by atoms with Gasteiger partial charge in [0.25, 0.3) is 0 Å². The molecule has 2 unspecified atom stereocenters. The van der Waals surface area contributed by atoms with Gasteiger partial charge in [0.1, 0.15) is 0 Å². The second kappa shape index (κ2) is 7.10. The van der Waals surface area contributed by atoms with Crippen LogP contribution < -0.4 is 5.73 Å². The van der Waals surface area contributed by atoms with Crippen LogP contribution in [-0.2, 0) is 9.53 Å². The van der Waals surface area contributed by atoms with Crippen LogP contribution in [0.5, 0.6) is 0 Å². The van der Waals surface area contributed by atoms with Crippen LogP contribution >= 0.6 is 0 Å². The molecule has 0 aromatic carbocycles. The Morgan fingerprint density at radius 1 is 0.905 bits per heavy atom. The molecule has 0 radical (unpaired) electrons. The summed E-state index contributed by atoms with van der Waals surface area (Å²) in [5, 5.41) is 0. The minimum absolute atomic E-state index is 0.182. The van der Waals surface area contributed by atoms with Gasteiger partial charge in [0, 0.05) is 25.0 Å².